The first kappa shape index (κ1) is 14.2. The summed E-state index contributed by atoms with van der Waals surface area (Å²) in [5, 5.41) is 0.647. The Morgan fingerprint density at radius 2 is 1.79 bits per heavy atom. The average Bonchev–Trinajstić information content (AvgIpc) is 2.42. The fourth-order valence-corrected chi connectivity index (χ4v) is 2.68. The number of benzene rings is 2. The van der Waals surface area contributed by atoms with Crippen molar-refractivity contribution in [1.82, 2.24) is 0 Å². The van der Waals surface area contributed by atoms with Crippen LogP contribution >= 0.6 is 23.4 Å². The molecule has 0 fully saturated rings. The number of hydrogen-bond acceptors (Lipinski definition) is 2. The third-order valence-electron chi connectivity index (χ3n) is 2.80. The van der Waals surface area contributed by atoms with E-state index in [0.29, 0.717) is 11.4 Å². The number of carbonyl (C=O) groups is 1. The van der Waals surface area contributed by atoms with Gasteiger partial charge in [-0.05, 0) is 29.5 Å². The molecule has 2 aromatic rings. The van der Waals surface area contributed by atoms with Crippen molar-refractivity contribution in [1.29, 1.82) is 0 Å². The summed E-state index contributed by atoms with van der Waals surface area (Å²) in [5.41, 5.74) is 1.61. The lowest BCUT2D eigenvalue weighted by Crippen LogP contribution is -2.03. The molecule has 1 nitrogen and oxygen atoms in total. The summed E-state index contributed by atoms with van der Waals surface area (Å²) < 4.78 is 0. The molecule has 2 rings (SSSR count). The van der Waals surface area contributed by atoms with Crippen molar-refractivity contribution >= 4 is 29.1 Å². The Hall–Kier alpha value is -1.25. The standard InChI is InChI=1S/C16H15ClOS/c1-2-19-14-9-7-12(8-10-14)16(18)11-13-5-3-4-6-15(13)17/h3-10H,2,11H2,1H3. The van der Waals surface area contributed by atoms with Gasteiger partial charge in [-0.3, -0.25) is 4.79 Å². The molecule has 0 bridgehead atoms. The zero-order chi connectivity index (χ0) is 13.7. The molecule has 0 unspecified atom stereocenters. The molecule has 0 aliphatic rings. The van der Waals surface area contributed by atoms with E-state index in [1.54, 1.807) is 11.8 Å². The number of rotatable bonds is 5. The first-order valence-electron chi connectivity index (χ1n) is 6.20. The largest absolute Gasteiger partial charge is 0.294 e. The smallest absolute Gasteiger partial charge is 0.167 e. The maximum atomic E-state index is 12.2. The molecule has 0 radical (unpaired) electrons. The molecule has 3 heteroatoms. The van der Waals surface area contributed by atoms with Gasteiger partial charge in [0.05, 0.1) is 0 Å². The van der Waals surface area contributed by atoms with E-state index in [-0.39, 0.29) is 5.78 Å². The first-order valence-corrected chi connectivity index (χ1v) is 7.56. The van der Waals surface area contributed by atoms with Crippen LogP contribution in [0.3, 0.4) is 0 Å². The second-order valence-corrected chi connectivity index (χ2v) is 5.89. The van der Waals surface area contributed by atoms with Gasteiger partial charge in [-0.15, -0.1) is 11.8 Å². The lowest BCUT2D eigenvalue weighted by molar-refractivity contribution is 0.0993. The Kier molecular flexibility index (Phi) is 5.06. The van der Waals surface area contributed by atoms with Crippen LogP contribution in [-0.4, -0.2) is 11.5 Å². The normalized spacial score (nSPS) is 10.4. The van der Waals surface area contributed by atoms with Crippen molar-refractivity contribution in [2.75, 3.05) is 5.75 Å². The van der Waals surface area contributed by atoms with Crippen LogP contribution in [0.5, 0.6) is 0 Å². The summed E-state index contributed by atoms with van der Waals surface area (Å²) in [5.74, 6) is 1.13. The van der Waals surface area contributed by atoms with Crippen molar-refractivity contribution in [3.8, 4) is 0 Å². The van der Waals surface area contributed by atoms with E-state index in [1.807, 2.05) is 48.5 Å². The van der Waals surface area contributed by atoms with Crippen LogP contribution in [0, 0.1) is 0 Å². The zero-order valence-corrected chi connectivity index (χ0v) is 12.3. The Balaban J connectivity index is 2.10. The number of Topliss-reactive ketones (excluding diaryl/α,β-unsaturated/α-hetero) is 1. The first-order chi connectivity index (χ1) is 9.20. The van der Waals surface area contributed by atoms with Gasteiger partial charge in [0.2, 0.25) is 0 Å². The number of hydrogen-bond donors (Lipinski definition) is 0. The zero-order valence-electron chi connectivity index (χ0n) is 10.7. The molecule has 0 saturated heterocycles. The van der Waals surface area contributed by atoms with Gasteiger partial charge in [0.25, 0.3) is 0 Å². The predicted octanol–water partition coefficient (Wildman–Crippen LogP) is 4.88. The lowest BCUT2D eigenvalue weighted by atomic mass is 10.0. The Morgan fingerprint density at radius 3 is 2.42 bits per heavy atom. The summed E-state index contributed by atoms with van der Waals surface area (Å²) in [6.45, 7) is 2.11. The van der Waals surface area contributed by atoms with Gasteiger partial charge >= 0.3 is 0 Å². The van der Waals surface area contributed by atoms with E-state index in [1.165, 1.54) is 4.90 Å². The maximum Gasteiger partial charge on any atom is 0.167 e. The molecule has 0 atom stereocenters. The van der Waals surface area contributed by atoms with Crippen LogP contribution in [0.15, 0.2) is 53.4 Å². The Morgan fingerprint density at radius 1 is 1.11 bits per heavy atom. The van der Waals surface area contributed by atoms with Crippen molar-refractivity contribution in [3.63, 3.8) is 0 Å². The highest BCUT2D eigenvalue weighted by Crippen LogP contribution is 2.20. The molecule has 19 heavy (non-hydrogen) atoms. The second-order valence-electron chi connectivity index (χ2n) is 4.15. The minimum absolute atomic E-state index is 0.0983. The third-order valence-corrected chi connectivity index (χ3v) is 4.06. The van der Waals surface area contributed by atoms with E-state index < -0.39 is 0 Å². The van der Waals surface area contributed by atoms with E-state index in [9.17, 15) is 4.79 Å². The summed E-state index contributed by atoms with van der Waals surface area (Å²) in [4.78, 5) is 13.4. The van der Waals surface area contributed by atoms with Gasteiger partial charge in [-0.2, -0.15) is 0 Å². The van der Waals surface area contributed by atoms with Gasteiger partial charge in [-0.25, -0.2) is 0 Å². The SMILES string of the molecule is CCSc1ccc(C(=O)Cc2ccccc2Cl)cc1. The second kappa shape index (κ2) is 6.78. The molecule has 0 saturated carbocycles. The Labute approximate surface area is 123 Å². The van der Waals surface area contributed by atoms with Crippen LogP contribution in [0.1, 0.15) is 22.8 Å². The maximum absolute atomic E-state index is 12.2. The predicted molar refractivity (Wildman–Crippen MR) is 82.3 cm³/mol. The topological polar surface area (TPSA) is 17.1 Å². The number of carbonyl (C=O) groups excluding carboxylic acids is 1. The van der Waals surface area contributed by atoms with Gasteiger partial charge < -0.3 is 0 Å². The number of halogens is 1. The molecule has 98 valence electrons. The molecule has 0 heterocycles. The van der Waals surface area contributed by atoms with E-state index >= 15 is 0 Å². The molecule has 0 aliphatic carbocycles. The van der Waals surface area contributed by atoms with Crippen LogP contribution in [0.4, 0.5) is 0 Å². The van der Waals surface area contributed by atoms with Crippen molar-refractivity contribution in [2.24, 2.45) is 0 Å². The highest BCUT2D eigenvalue weighted by Gasteiger charge is 2.09. The number of thioether (sulfide) groups is 1. The molecule has 0 amide bonds. The van der Waals surface area contributed by atoms with Crippen LogP contribution in [0.2, 0.25) is 5.02 Å². The van der Waals surface area contributed by atoms with Crippen LogP contribution in [0.25, 0.3) is 0 Å². The third kappa shape index (κ3) is 3.85. The molecule has 0 aromatic heterocycles. The molecule has 0 N–H and O–H groups in total. The van der Waals surface area contributed by atoms with Gasteiger partial charge in [0.1, 0.15) is 0 Å². The van der Waals surface area contributed by atoms with Gasteiger partial charge in [-0.1, -0.05) is 48.9 Å². The Bertz CT molecular complexity index is 563. The minimum Gasteiger partial charge on any atom is -0.294 e. The summed E-state index contributed by atoms with van der Waals surface area (Å²) in [6, 6.07) is 15.2. The highest BCUT2D eigenvalue weighted by molar-refractivity contribution is 7.99. The summed E-state index contributed by atoms with van der Waals surface area (Å²) >= 11 is 7.84. The molecule has 0 aliphatic heterocycles. The van der Waals surface area contributed by atoms with Gasteiger partial charge in [0, 0.05) is 21.9 Å². The summed E-state index contributed by atoms with van der Waals surface area (Å²) in [7, 11) is 0. The monoisotopic (exact) mass is 290 g/mol. The van der Waals surface area contributed by atoms with E-state index in [4.69, 9.17) is 11.6 Å². The fourth-order valence-electron chi connectivity index (χ4n) is 1.82. The van der Waals surface area contributed by atoms with Crippen molar-refractivity contribution in [3.05, 3.63) is 64.7 Å². The van der Waals surface area contributed by atoms with Crippen molar-refractivity contribution in [2.45, 2.75) is 18.2 Å². The average molecular weight is 291 g/mol. The molecule has 2 aromatic carbocycles. The lowest BCUT2D eigenvalue weighted by Gasteiger charge is -2.05. The molecular formula is C16H15ClOS. The number of ketones is 1. The quantitative estimate of drug-likeness (QED) is 0.577. The van der Waals surface area contributed by atoms with Crippen molar-refractivity contribution < 1.29 is 4.79 Å². The van der Waals surface area contributed by atoms with E-state index in [0.717, 1.165) is 16.9 Å². The fraction of sp³-hybridized carbons (Fsp3) is 0.188. The van der Waals surface area contributed by atoms with Crippen LogP contribution in [-0.2, 0) is 6.42 Å². The van der Waals surface area contributed by atoms with Gasteiger partial charge in [0.15, 0.2) is 5.78 Å². The van der Waals surface area contributed by atoms with Crippen LogP contribution < -0.4 is 0 Å². The minimum atomic E-state index is 0.0983. The highest BCUT2D eigenvalue weighted by atomic mass is 35.5. The summed E-state index contributed by atoms with van der Waals surface area (Å²) in [6.07, 6.45) is 0.347. The molecule has 0 spiro atoms. The molecular weight excluding hydrogens is 276 g/mol. The van der Waals surface area contributed by atoms with E-state index in [2.05, 4.69) is 6.92 Å².